The summed E-state index contributed by atoms with van der Waals surface area (Å²) in [5, 5.41) is 16.7. The molecule has 0 saturated carbocycles. The Morgan fingerprint density at radius 2 is 1.82 bits per heavy atom. The van der Waals surface area contributed by atoms with Crippen LogP contribution in [-0.2, 0) is 0 Å². The van der Waals surface area contributed by atoms with Crippen LogP contribution in [0.15, 0.2) is 73.3 Å². The maximum Gasteiger partial charge on any atom is 0.569 e. The molecule has 1 aromatic heterocycles. The van der Waals surface area contributed by atoms with Gasteiger partial charge in [0, 0.05) is 18.1 Å². The van der Waals surface area contributed by atoms with E-state index in [1.807, 2.05) is 47.2 Å². The summed E-state index contributed by atoms with van der Waals surface area (Å²) in [5.41, 5.74) is 1.71. The Bertz CT molecular complexity index is 707. The highest BCUT2D eigenvalue weighted by molar-refractivity contribution is 6.17. The Hall–Kier alpha value is -3.04. The number of hydrogen-bond donors (Lipinski definition) is 1. The average Bonchev–Trinajstić information content (AvgIpc) is 3.12. The van der Waals surface area contributed by atoms with Gasteiger partial charge in [-0.05, 0) is 36.4 Å². The predicted molar refractivity (Wildman–Crippen MR) is 83.3 cm³/mol. The maximum absolute atomic E-state index is 8.41. The minimum atomic E-state index is 0.594. The first-order valence-electron chi connectivity index (χ1n) is 6.49. The van der Waals surface area contributed by atoms with Gasteiger partial charge in [0.05, 0.1) is 18.0 Å². The largest absolute Gasteiger partial charge is 0.569 e. The van der Waals surface area contributed by atoms with Crippen molar-refractivity contribution in [1.82, 2.24) is 9.55 Å². The summed E-state index contributed by atoms with van der Waals surface area (Å²) in [7, 11) is 0.659. The molecule has 1 radical (unpaired) electrons. The van der Waals surface area contributed by atoms with E-state index in [1.165, 1.54) is 0 Å². The van der Waals surface area contributed by atoms with Crippen LogP contribution in [0, 0.1) is 11.3 Å². The fourth-order valence-corrected chi connectivity index (χ4v) is 1.68. The van der Waals surface area contributed by atoms with E-state index in [0.717, 1.165) is 5.69 Å². The fraction of sp³-hybridized carbons (Fsp3) is 0. The number of nitriles is 1. The van der Waals surface area contributed by atoms with Gasteiger partial charge >= 0.3 is 7.69 Å². The summed E-state index contributed by atoms with van der Waals surface area (Å²) in [4.78, 5) is 3.94. The van der Waals surface area contributed by atoms with Crippen molar-refractivity contribution in [2.75, 3.05) is 0 Å². The van der Waals surface area contributed by atoms with E-state index < -0.39 is 0 Å². The molecule has 107 valence electrons. The Labute approximate surface area is 129 Å². The second kappa shape index (κ2) is 8.30. The molecule has 0 unspecified atom stereocenters. The van der Waals surface area contributed by atoms with Crippen LogP contribution < -0.4 is 4.65 Å². The molecule has 3 rings (SSSR count). The second-order valence-corrected chi connectivity index (χ2v) is 4.16. The van der Waals surface area contributed by atoms with Crippen molar-refractivity contribution in [3.05, 3.63) is 78.9 Å². The summed E-state index contributed by atoms with van der Waals surface area (Å²) >= 11 is 0. The van der Waals surface area contributed by atoms with Crippen molar-refractivity contribution in [3.8, 4) is 17.5 Å². The highest BCUT2D eigenvalue weighted by atomic mass is 16.5. The lowest BCUT2D eigenvalue weighted by Crippen LogP contribution is -1.99. The summed E-state index contributed by atoms with van der Waals surface area (Å²) in [6.07, 6.45) is 5.29. The van der Waals surface area contributed by atoms with Crippen molar-refractivity contribution in [2.45, 2.75) is 0 Å². The number of hydrogen-bond acceptors (Lipinski definition) is 4. The highest BCUT2D eigenvalue weighted by Gasteiger charge is 1.96. The third-order valence-electron chi connectivity index (χ3n) is 2.73. The van der Waals surface area contributed by atoms with E-state index in [-0.39, 0.29) is 0 Å². The van der Waals surface area contributed by atoms with E-state index in [4.69, 9.17) is 14.9 Å². The van der Waals surface area contributed by atoms with Crippen LogP contribution in [0.5, 0.6) is 5.75 Å². The number of aromatic nitrogens is 2. The first-order chi connectivity index (χ1) is 10.8. The van der Waals surface area contributed by atoms with Crippen molar-refractivity contribution in [1.29, 1.82) is 5.26 Å². The van der Waals surface area contributed by atoms with Crippen LogP contribution in [0.3, 0.4) is 0 Å². The number of imidazole rings is 1. The zero-order valence-corrected chi connectivity index (χ0v) is 11.7. The molecule has 3 aromatic rings. The molecule has 1 N–H and O–H groups in total. The molecule has 0 aliphatic heterocycles. The zero-order chi connectivity index (χ0) is 15.6. The maximum atomic E-state index is 8.41. The molecular weight excluding hydrogens is 277 g/mol. The van der Waals surface area contributed by atoms with Crippen LogP contribution in [0.25, 0.3) is 5.69 Å². The van der Waals surface area contributed by atoms with Gasteiger partial charge in [-0.2, -0.15) is 5.26 Å². The smallest absolute Gasteiger partial charge is 0.537 e. The molecule has 22 heavy (non-hydrogen) atoms. The Morgan fingerprint density at radius 1 is 1.09 bits per heavy atom. The van der Waals surface area contributed by atoms with Crippen molar-refractivity contribution in [2.24, 2.45) is 0 Å². The van der Waals surface area contributed by atoms with Gasteiger partial charge in [-0.3, -0.25) is 0 Å². The average molecular weight is 290 g/mol. The summed E-state index contributed by atoms with van der Waals surface area (Å²) in [6, 6.07) is 18.4. The van der Waals surface area contributed by atoms with Crippen LogP contribution in [-0.4, -0.2) is 22.3 Å². The third kappa shape index (κ3) is 4.51. The van der Waals surface area contributed by atoms with E-state index in [2.05, 4.69) is 4.98 Å². The van der Waals surface area contributed by atoms with E-state index in [9.17, 15) is 0 Å². The molecule has 0 bridgehead atoms. The minimum absolute atomic E-state index is 0.594. The molecule has 6 heteroatoms. The molecule has 0 aliphatic rings. The first kappa shape index (κ1) is 15.4. The van der Waals surface area contributed by atoms with Crippen molar-refractivity contribution >= 4 is 7.69 Å². The van der Waals surface area contributed by atoms with Crippen LogP contribution in [0.4, 0.5) is 0 Å². The summed E-state index contributed by atoms with van der Waals surface area (Å²) in [6.45, 7) is 0. The molecule has 2 aromatic carbocycles. The van der Waals surface area contributed by atoms with Crippen molar-refractivity contribution < 1.29 is 9.68 Å². The molecular formula is C16H13BN3O2. The topological polar surface area (TPSA) is 71.1 Å². The van der Waals surface area contributed by atoms with Crippen LogP contribution >= 0.6 is 0 Å². The monoisotopic (exact) mass is 290 g/mol. The van der Waals surface area contributed by atoms with Gasteiger partial charge in [0.2, 0.25) is 0 Å². The Morgan fingerprint density at radius 3 is 2.32 bits per heavy atom. The lowest BCUT2D eigenvalue weighted by molar-refractivity contribution is 0.454. The van der Waals surface area contributed by atoms with Gasteiger partial charge in [-0.25, -0.2) is 4.98 Å². The van der Waals surface area contributed by atoms with E-state index in [0.29, 0.717) is 19.0 Å². The molecule has 0 amide bonds. The van der Waals surface area contributed by atoms with Crippen molar-refractivity contribution in [3.63, 3.8) is 0 Å². The molecule has 0 saturated heterocycles. The third-order valence-corrected chi connectivity index (χ3v) is 2.73. The molecule has 0 atom stereocenters. The van der Waals surface area contributed by atoms with Crippen LogP contribution in [0.2, 0.25) is 0 Å². The molecule has 1 heterocycles. The molecule has 0 aliphatic carbocycles. The van der Waals surface area contributed by atoms with Gasteiger partial charge in [0.1, 0.15) is 5.75 Å². The predicted octanol–water partition coefficient (Wildman–Crippen LogP) is 2.34. The zero-order valence-electron chi connectivity index (χ0n) is 11.7. The molecule has 0 spiro atoms. The fourth-order valence-electron chi connectivity index (χ4n) is 1.68. The lowest BCUT2D eigenvalue weighted by atomic mass is 10.2. The Balaban J connectivity index is 0.000000188. The van der Waals surface area contributed by atoms with E-state index in [1.54, 1.807) is 36.8 Å². The van der Waals surface area contributed by atoms with Crippen LogP contribution in [0.1, 0.15) is 5.56 Å². The SMILES string of the molecule is N#Cc1ccccc1.O[B]Oc1ccc(-n2ccnc2)cc1. The van der Waals surface area contributed by atoms with Gasteiger partial charge in [-0.1, -0.05) is 18.2 Å². The molecule has 5 nitrogen and oxygen atoms in total. The number of benzene rings is 2. The minimum Gasteiger partial charge on any atom is -0.537 e. The lowest BCUT2D eigenvalue weighted by Gasteiger charge is -2.04. The number of rotatable bonds is 3. The summed E-state index contributed by atoms with van der Waals surface area (Å²) < 4.78 is 6.67. The molecule has 0 fully saturated rings. The normalized spacial score (nSPS) is 9.09. The standard InChI is InChI=1S/C9H8BN2O2.C7H5N/c13-10-14-9-3-1-8(2-4-9)12-6-5-11-7-12;8-6-7-4-2-1-3-5-7/h1-7,13H;1-5H. The second-order valence-electron chi connectivity index (χ2n) is 4.16. The highest BCUT2D eigenvalue weighted by Crippen LogP contribution is 2.14. The summed E-state index contributed by atoms with van der Waals surface area (Å²) in [5.74, 6) is 0.594. The quantitative estimate of drug-likeness (QED) is 0.751. The Kier molecular flexibility index (Phi) is 5.79. The van der Waals surface area contributed by atoms with Gasteiger partial charge in [0.15, 0.2) is 0 Å². The number of nitrogens with zero attached hydrogens (tertiary/aromatic N) is 3. The first-order valence-corrected chi connectivity index (χ1v) is 6.49. The van der Waals surface area contributed by atoms with Gasteiger partial charge < -0.3 is 14.2 Å². The van der Waals surface area contributed by atoms with Gasteiger partial charge in [-0.15, -0.1) is 0 Å². The van der Waals surface area contributed by atoms with E-state index >= 15 is 0 Å². The van der Waals surface area contributed by atoms with Gasteiger partial charge in [0.25, 0.3) is 0 Å².